The zero-order valence-electron chi connectivity index (χ0n) is 12.4. The summed E-state index contributed by atoms with van der Waals surface area (Å²) in [6, 6.07) is 7.00. The molecule has 0 amide bonds. The van der Waals surface area contributed by atoms with E-state index in [0.717, 1.165) is 24.1 Å². The summed E-state index contributed by atoms with van der Waals surface area (Å²) >= 11 is 0. The van der Waals surface area contributed by atoms with Gasteiger partial charge >= 0.3 is 0 Å². The van der Waals surface area contributed by atoms with E-state index in [0.29, 0.717) is 0 Å². The topological polar surface area (TPSA) is 21.7 Å². The lowest BCUT2D eigenvalue weighted by Gasteiger charge is -2.39. The molecule has 1 aromatic carbocycles. The third-order valence-corrected chi connectivity index (χ3v) is 4.51. The molecule has 3 nitrogen and oxygen atoms in total. The highest BCUT2D eigenvalue weighted by Crippen LogP contribution is 2.34. The molecule has 0 N–H and O–H groups in total. The molecule has 0 saturated carbocycles. The van der Waals surface area contributed by atoms with Crippen molar-refractivity contribution in [3.05, 3.63) is 29.8 Å². The maximum Gasteiger partial charge on any atom is 0.161 e. The molecule has 0 radical (unpaired) electrons. The maximum absolute atomic E-state index is 5.41. The van der Waals surface area contributed by atoms with Crippen molar-refractivity contribution in [2.24, 2.45) is 0 Å². The van der Waals surface area contributed by atoms with Gasteiger partial charge in [0.2, 0.25) is 0 Å². The molecular weight excluding hydrogens is 250 g/mol. The fraction of sp³-hybridized carbons (Fsp3) is 0.529. The van der Waals surface area contributed by atoms with E-state index < -0.39 is 0 Å². The van der Waals surface area contributed by atoms with Crippen LogP contribution in [0.15, 0.2) is 24.3 Å². The summed E-state index contributed by atoms with van der Waals surface area (Å²) in [6.45, 7) is 2.31. The summed E-state index contributed by atoms with van der Waals surface area (Å²) in [5, 5.41) is 0. The Kier molecular flexibility index (Phi) is 3.97. The molecule has 20 heavy (non-hydrogen) atoms. The summed E-state index contributed by atoms with van der Waals surface area (Å²) in [5.41, 5.74) is 2.68. The minimum absolute atomic E-state index is 0.771. The van der Waals surface area contributed by atoms with Gasteiger partial charge in [0.05, 0.1) is 14.2 Å². The zero-order valence-corrected chi connectivity index (χ0v) is 12.4. The SMILES string of the molecule is COc1ccc(C2=CC[C@@H]3CCCCN3C2)cc1OC. The van der Waals surface area contributed by atoms with E-state index in [1.807, 2.05) is 6.07 Å². The normalized spacial score (nSPS) is 22.9. The molecule has 108 valence electrons. The second kappa shape index (κ2) is 5.88. The minimum atomic E-state index is 0.771. The molecule has 3 heteroatoms. The molecule has 0 aromatic heterocycles. The number of fused-ring (bicyclic) bond motifs is 1. The molecule has 0 unspecified atom stereocenters. The Bertz CT molecular complexity index is 510. The van der Waals surface area contributed by atoms with Crippen LogP contribution in [-0.4, -0.2) is 38.3 Å². The van der Waals surface area contributed by atoms with Gasteiger partial charge in [0, 0.05) is 12.6 Å². The first-order valence-corrected chi connectivity index (χ1v) is 7.47. The Balaban J connectivity index is 1.84. The predicted octanol–water partition coefficient (Wildman–Crippen LogP) is 3.35. The Morgan fingerprint density at radius 2 is 1.95 bits per heavy atom. The van der Waals surface area contributed by atoms with Gasteiger partial charge in [-0.05, 0) is 49.1 Å². The molecule has 2 heterocycles. The number of methoxy groups -OCH3 is 2. The largest absolute Gasteiger partial charge is 0.493 e. The van der Waals surface area contributed by atoms with E-state index in [9.17, 15) is 0 Å². The quantitative estimate of drug-likeness (QED) is 0.843. The highest BCUT2D eigenvalue weighted by molar-refractivity contribution is 5.70. The van der Waals surface area contributed by atoms with Crippen LogP contribution < -0.4 is 9.47 Å². The standard InChI is InChI=1S/C17H23NO2/c1-19-16-9-7-13(11-17(16)20-2)14-6-8-15-5-3-4-10-18(15)12-14/h6-7,9,11,15H,3-5,8,10,12H2,1-2H3/t15-/m0/s1. The van der Waals surface area contributed by atoms with Crippen molar-refractivity contribution in [2.45, 2.75) is 31.7 Å². The van der Waals surface area contributed by atoms with E-state index >= 15 is 0 Å². The third-order valence-electron chi connectivity index (χ3n) is 4.51. The molecule has 1 fully saturated rings. The van der Waals surface area contributed by atoms with Crippen LogP contribution in [0.5, 0.6) is 11.5 Å². The lowest BCUT2D eigenvalue weighted by Crippen LogP contribution is -2.42. The number of rotatable bonds is 3. The average molecular weight is 273 g/mol. The summed E-state index contributed by atoms with van der Waals surface area (Å²) in [7, 11) is 3.37. The second-order valence-electron chi connectivity index (χ2n) is 5.65. The number of benzene rings is 1. The minimum Gasteiger partial charge on any atom is -0.493 e. The Morgan fingerprint density at radius 3 is 2.75 bits per heavy atom. The number of nitrogens with zero attached hydrogens (tertiary/aromatic N) is 1. The predicted molar refractivity (Wildman–Crippen MR) is 81.4 cm³/mol. The van der Waals surface area contributed by atoms with Gasteiger partial charge in [0.25, 0.3) is 0 Å². The fourth-order valence-electron chi connectivity index (χ4n) is 3.34. The van der Waals surface area contributed by atoms with Gasteiger partial charge in [-0.2, -0.15) is 0 Å². The van der Waals surface area contributed by atoms with Crippen LogP contribution in [0.2, 0.25) is 0 Å². The summed E-state index contributed by atoms with van der Waals surface area (Å²) in [4.78, 5) is 2.63. The Morgan fingerprint density at radius 1 is 1.10 bits per heavy atom. The van der Waals surface area contributed by atoms with Crippen LogP contribution in [0.25, 0.3) is 5.57 Å². The molecule has 1 atom stereocenters. The number of ether oxygens (including phenoxy) is 2. The molecule has 3 rings (SSSR count). The van der Waals surface area contributed by atoms with E-state index in [4.69, 9.17) is 9.47 Å². The molecule has 0 aliphatic carbocycles. The number of piperidine rings is 1. The second-order valence-corrected chi connectivity index (χ2v) is 5.65. The highest BCUT2D eigenvalue weighted by Gasteiger charge is 2.26. The molecular formula is C17H23NO2. The first-order valence-electron chi connectivity index (χ1n) is 7.47. The van der Waals surface area contributed by atoms with Crippen LogP contribution >= 0.6 is 0 Å². The van der Waals surface area contributed by atoms with Gasteiger partial charge in [-0.1, -0.05) is 18.6 Å². The molecule has 0 spiro atoms. The molecule has 2 aliphatic heterocycles. The highest BCUT2D eigenvalue weighted by atomic mass is 16.5. The zero-order chi connectivity index (χ0) is 13.9. The number of hydrogen-bond donors (Lipinski definition) is 0. The molecule has 1 aromatic rings. The van der Waals surface area contributed by atoms with Crippen LogP contribution in [0.4, 0.5) is 0 Å². The lowest BCUT2D eigenvalue weighted by molar-refractivity contribution is 0.162. The van der Waals surface area contributed by atoms with Crippen molar-refractivity contribution in [1.82, 2.24) is 4.90 Å². The van der Waals surface area contributed by atoms with Gasteiger partial charge in [-0.25, -0.2) is 0 Å². The van der Waals surface area contributed by atoms with Gasteiger partial charge in [0.1, 0.15) is 0 Å². The van der Waals surface area contributed by atoms with Crippen molar-refractivity contribution in [2.75, 3.05) is 27.3 Å². The summed E-state index contributed by atoms with van der Waals surface area (Å²) < 4.78 is 10.7. The van der Waals surface area contributed by atoms with Crippen molar-refractivity contribution in [3.63, 3.8) is 0 Å². The van der Waals surface area contributed by atoms with Crippen LogP contribution in [0.1, 0.15) is 31.2 Å². The van der Waals surface area contributed by atoms with Crippen molar-refractivity contribution in [3.8, 4) is 11.5 Å². The van der Waals surface area contributed by atoms with Crippen molar-refractivity contribution >= 4 is 5.57 Å². The van der Waals surface area contributed by atoms with Crippen LogP contribution in [-0.2, 0) is 0 Å². The smallest absolute Gasteiger partial charge is 0.161 e. The van der Waals surface area contributed by atoms with Crippen molar-refractivity contribution in [1.29, 1.82) is 0 Å². The van der Waals surface area contributed by atoms with Crippen LogP contribution in [0, 0.1) is 0 Å². The van der Waals surface area contributed by atoms with E-state index in [1.165, 1.54) is 43.4 Å². The fourth-order valence-corrected chi connectivity index (χ4v) is 3.34. The van der Waals surface area contributed by atoms with Gasteiger partial charge < -0.3 is 9.47 Å². The first-order chi connectivity index (χ1) is 9.81. The summed E-state index contributed by atoms with van der Waals surface area (Å²) in [5.74, 6) is 1.61. The average Bonchev–Trinajstić information content (AvgIpc) is 2.53. The van der Waals surface area contributed by atoms with E-state index in [-0.39, 0.29) is 0 Å². The maximum atomic E-state index is 5.41. The lowest BCUT2D eigenvalue weighted by atomic mass is 9.91. The van der Waals surface area contributed by atoms with Crippen molar-refractivity contribution < 1.29 is 9.47 Å². The molecule has 2 aliphatic rings. The van der Waals surface area contributed by atoms with Gasteiger partial charge in [-0.15, -0.1) is 0 Å². The summed E-state index contributed by atoms with van der Waals surface area (Å²) in [6.07, 6.45) is 7.68. The Labute approximate surface area is 121 Å². The van der Waals surface area contributed by atoms with Gasteiger partial charge in [-0.3, -0.25) is 4.90 Å². The molecule has 0 bridgehead atoms. The van der Waals surface area contributed by atoms with Gasteiger partial charge in [0.15, 0.2) is 11.5 Å². The van der Waals surface area contributed by atoms with E-state index in [2.05, 4.69) is 23.1 Å². The third kappa shape index (κ3) is 2.55. The monoisotopic (exact) mass is 273 g/mol. The first kappa shape index (κ1) is 13.5. The Hall–Kier alpha value is -1.48. The molecule has 1 saturated heterocycles. The van der Waals surface area contributed by atoms with E-state index in [1.54, 1.807) is 14.2 Å². The number of hydrogen-bond acceptors (Lipinski definition) is 3. The van der Waals surface area contributed by atoms with Crippen LogP contribution in [0.3, 0.4) is 0 Å².